The zero-order valence-corrected chi connectivity index (χ0v) is 13.8. The molecule has 23 heavy (non-hydrogen) atoms. The van der Waals surface area contributed by atoms with Crippen molar-refractivity contribution in [1.29, 1.82) is 0 Å². The van der Waals surface area contributed by atoms with Crippen molar-refractivity contribution in [3.05, 3.63) is 46.2 Å². The van der Waals surface area contributed by atoms with Crippen LogP contribution in [0.5, 0.6) is 5.75 Å². The van der Waals surface area contributed by atoms with Gasteiger partial charge in [-0.3, -0.25) is 15.1 Å². The molecular formula is C15H20N4O3S. The van der Waals surface area contributed by atoms with Gasteiger partial charge < -0.3 is 15.4 Å². The molecule has 0 atom stereocenters. The van der Waals surface area contributed by atoms with E-state index in [1.54, 1.807) is 18.0 Å². The van der Waals surface area contributed by atoms with E-state index in [1.807, 2.05) is 19.1 Å². The molecular weight excluding hydrogens is 316 g/mol. The van der Waals surface area contributed by atoms with Gasteiger partial charge in [0.1, 0.15) is 5.75 Å². The highest BCUT2D eigenvalue weighted by Crippen LogP contribution is 2.20. The van der Waals surface area contributed by atoms with Crippen molar-refractivity contribution in [1.82, 2.24) is 15.6 Å². The lowest BCUT2D eigenvalue weighted by molar-refractivity contribution is -0.404. The van der Waals surface area contributed by atoms with Crippen LogP contribution in [-0.2, 0) is 5.75 Å². The van der Waals surface area contributed by atoms with Crippen molar-refractivity contribution in [2.45, 2.75) is 12.7 Å². The largest absolute Gasteiger partial charge is 0.492 e. The second-order valence-electron chi connectivity index (χ2n) is 4.25. The van der Waals surface area contributed by atoms with Crippen molar-refractivity contribution >= 4 is 11.8 Å². The van der Waals surface area contributed by atoms with Crippen molar-refractivity contribution < 1.29 is 9.66 Å². The maximum absolute atomic E-state index is 10.5. The molecule has 2 N–H and O–H groups in total. The lowest BCUT2D eigenvalue weighted by Gasteiger charge is -2.10. The third-order valence-electron chi connectivity index (χ3n) is 2.56. The Labute approximate surface area is 140 Å². The zero-order valence-electron chi connectivity index (χ0n) is 12.9. The third kappa shape index (κ3) is 7.97. The van der Waals surface area contributed by atoms with E-state index in [1.165, 1.54) is 0 Å². The van der Waals surface area contributed by atoms with Gasteiger partial charge in [0.05, 0.1) is 23.8 Å². The highest BCUT2D eigenvalue weighted by Gasteiger charge is 2.05. The molecule has 0 aliphatic rings. The van der Waals surface area contributed by atoms with Crippen LogP contribution < -0.4 is 15.4 Å². The maximum atomic E-state index is 10.5. The van der Waals surface area contributed by atoms with Gasteiger partial charge in [0, 0.05) is 24.2 Å². The Hall–Kier alpha value is -2.40. The summed E-state index contributed by atoms with van der Waals surface area (Å²) >= 11 is 1.66. The molecule has 1 heterocycles. The summed E-state index contributed by atoms with van der Waals surface area (Å²) in [5.41, 5.74) is 0.894. The average molecular weight is 336 g/mol. The Morgan fingerprint density at radius 2 is 2.43 bits per heavy atom. The highest BCUT2D eigenvalue weighted by molar-refractivity contribution is 7.98. The molecule has 0 aliphatic carbocycles. The number of nitrogens with zero attached hydrogens (tertiary/aromatic N) is 2. The summed E-state index contributed by atoms with van der Waals surface area (Å²) in [5.74, 6) is 4.94. The summed E-state index contributed by atoms with van der Waals surface area (Å²) < 4.78 is 5.52. The molecule has 0 bridgehead atoms. The fourth-order valence-electron chi connectivity index (χ4n) is 1.65. The number of terminal acetylenes is 1. The second kappa shape index (κ2) is 11.2. The van der Waals surface area contributed by atoms with Gasteiger partial charge in [0.25, 0.3) is 6.20 Å². The fraction of sp³-hybridized carbons (Fsp3) is 0.400. The number of aromatic nitrogens is 1. The third-order valence-corrected chi connectivity index (χ3v) is 3.53. The lowest BCUT2D eigenvalue weighted by atomic mass is 10.3. The van der Waals surface area contributed by atoms with Crippen LogP contribution in [0.15, 0.2) is 30.4 Å². The number of ether oxygens (including phenoxy) is 1. The number of nitrogens with one attached hydrogen (secondary N) is 2. The second-order valence-corrected chi connectivity index (χ2v) is 5.35. The highest BCUT2D eigenvalue weighted by atomic mass is 32.2. The number of hydrogen-bond donors (Lipinski definition) is 2. The molecule has 0 aliphatic heterocycles. The van der Waals surface area contributed by atoms with Gasteiger partial charge in [-0.05, 0) is 19.1 Å². The first kappa shape index (κ1) is 18.6. The van der Waals surface area contributed by atoms with Crippen LogP contribution >= 0.6 is 11.8 Å². The first-order valence-electron chi connectivity index (χ1n) is 7.08. The van der Waals surface area contributed by atoms with E-state index in [0.717, 1.165) is 23.4 Å². The summed E-state index contributed by atoms with van der Waals surface area (Å²) in [6.45, 7) is 3.32. The summed E-state index contributed by atoms with van der Waals surface area (Å²) in [4.78, 5) is 14.3. The van der Waals surface area contributed by atoms with Crippen molar-refractivity contribution in [2.24, 2.45) is 0 Å². The van der Waals surface area contributed by atoms with E-state index in [-0.39, 0.29) is 6.54 Å². The minimum atomic E-state index is -0.527. The quantitative estimate of drug-likeness (QED) is 0.274. The fourth-order valence-corrected chi connectivity index (χ4v) is 2.45. The normalized spacial score (nSPS) is 10.7. The van der Waals surface area contributed by atoms with Crippen LogP contribution in [0, 0.1) is 22.5 Å². The molecule has 1 rings (SSSR count). The summed E-state index contributed by atoms with van der Waals surface area (Å²) in [6.07, 6.45) is 7.73. The minimum absolute atomic E-state index is 0.228. The van der Waals surface area contributed by atoms with E-state index in [2.05, 4.69) is 21.5 Å². The zero-order chi connectivity index (χ0) is 16.9. The van der Waals surface area contributed by atoms with Crippen LogP contribution in [0.4, 0.5) is 0 Å². The number of thioether (sulfide) groups is 1. The van der Waals surface area contributed by atoms with Crippen LogP contribution in [-0.4, -0.2) is 35.4 Å². The molecule has 0 saturated heterocycles. The molecule has 0 unspecified atom stereocenters. The molecule has 0 amide bonds. The first-order valence-corrected chi connectivity index (χ1v) is 8.23. The topological polar surface area (TPSA) is 89.3 Å². The molecule has 0 spiro atoms. The molecule has 0 radical (unpaired) electrons. The summed E-state index contributed by atoms with van der Waals surface area (Å²) in [6, 6.07) is 3.73. The number of nitro groups is 1. The lowest BCUT2D eigenvalue weighted by Crippen LogP contribution is -2.29. The predicted octanol–water partition coefficient (Wildman–Crippen LogP) is 1.60. The number of hydrogen-bond acceptors (Lipinski definition) is 7. The maximum Gasteiger partial charge on any atom is 0.274 e. The smallest absolute Gasteiger partial charge is 0.274 e. The molecule has 0 fully saturated rings. The first-order chi connectivity index (χ1) is 11.2. The minimum Gasteiger partial charge on any atom is -0.492 e. The number of rotatable bonds is 11. The Balaban J connectivity index is 2.36. The summed E-state index contributed by atoms with van der Waals surface area (Å²) in [5, 5.41) is 16.2. The van der Waals surface area contributed by atoms with Crippen LogP contribution in [0.25, 0.3) is 0 Å². The van der Waals surface area contributed by atoms with Crippen molar-refractivity contribution in [3.63, 3.8) is 0 Å². The van der Waals surface area contributed by atoms with E-state index >= 15 is 0 Å². The van der Waals surface area contributed by atoms with Gasteiger partial charge in [-0.2, -0.15) is 11.8 Å². The average Bonchev–Trinajstić information content (AvgIpc) is 2.53. The van der Waals surface area contributed by atoms with Gasteiger partial charge in [-0.1, -0.05) is 5.92 Å². The van der Waals surface area contributed by atoms with E-state index in [9.17, 15) is 10.1 Å². The Morgan fingerprint density at radius 1 is 1.61 bits per heavy atom. The van der Waals surface area contributed by atoms with E-state index in [4.69, 9.17) is 11.2 Å². The van der Waals surface area contributed by atoms with Crippen LogP contribution in [0.3, 0.4) is 0 Å². The van der Waals surface area contributed by atoms with Crippen LogP contribution in [0.2, 0.25) is 0 Å². The van der Waals surface area contributed by atoms with Gasteiger partial charge in [-0.15, -0.1) is 6.42 Å². The van der Waals surface area contributed by atoms with Crippen molar-refractivity contribution in [2.75, 3.05) is 25.4 Å². The Morgan fingerprint density at radius 3 is 3.13 bits per heavy atom. The molecule has 8 heteroatoms. The Bertz CT molecular complexity index is 572. The molecule has 124 valence electrons. The number of pyridine rings is 1. The predicted molar refractivity (Wildman–Crippen MR) is 91.5 cm³/mol. The van der Waals surface area contributed by atoms with E-state index < -0.39 is 4.92 Å². The molecule has 0 aromatic carbocycles. The molecule has 1 aromatic heterocycles. The molecule has 7 nitrogen and oxygen atoms in total. The summed E-state index contributed by atoms with van der Waals surface area (Å²) in [7, 11) is 0. The standard InChI is InChI=1S/C15H20N4O3S/c1-3-7-17-15(11-19(20)21)18-9-10-23-12-13-14(22-4-2)6-5-8-16-13/h1,5-6,8,11,17-18H,4,7,9-10,12H2,2H3/b15-11-. The van der Waals surface area contributed by atoms with E-state index in [0.29, 0.717) is 24.7 Å². The van der Waals surface area contributed by atoms with Gasteiger partial charge in [0.2, 0.25) is 0 Å². The monoisotopic (exact) mass is 336 g/mol. The molecule has 1 aromatic rings. The SMILES string of the molecule is C#CCN/C(=C/[N+](=O)[O-])NCCSCc1ncccc1OCC. The Kier molecular flexibility index (Phi) is 9.09. The van der Waals surface area contributed by atoms with Gasteiger partial charge >= 0.3 is 0 Å². The van der Waals surface area contributed by atoms with Gasteiger partial charge in [-0.25, -0.2) is 0 Å². The van der Waals surface area contributed by atoms with Crippen molar-refractivity contribution in [3.8, 4) is 18.1 Å². The van der Waals surface area contributed by atoms with Crippen LogP contribution in [0.1, 0.15) is 12.6 Å². The molecule has 0 saturated carbocycles. The van der Waals surface area contributed by atoms with Gasteiger partial charge in [0.15, 0.2) is 5.82 Å².